The van der Waals surface area contributed by atoms with Gasteiger partial charge in [0, 0.05) is 58.6 Å². The van der Waals surface area contributed by atoms with Crippen LogP contribution in [-0.4, -0.2) is 61.3 Å². The lowest BCUT2D eigenvalue weighted by Crippen LogP contribution is -2.37. The summed E-state index contributed by atoms with van der Waals surface area (Å²) in [7, 11) is 1.37. The molecule has 1 N–H and O–H groups in total. The van der Waals surface area contributed by atoms with Crippen molar-refractivity contribution in [3.05, 3.63) is 52.0 Å². The van der Waals surface area contributed by atoms with Crippen molar-refractivity contribution in [1.82, 2.24) is 29.5 Å². The number of fused-ring (bicyclic) bond motifs is 4. The maximum atomic E-state index is 13.3. The predicted octanol–water partition coefficient (Wildman–Crippen LogP) is 2.86. The number of benzene rings is 1. The van der Waals surface area contributed by atoms with Crippen LogP contribution >= 0.6 is 11.8 Å². The molecule has 1 aliphatic heterocycles. The van der Waals surface area contributed by atoms with Crippen LogP contribution in [0.2, 0.25) is 0 Å². The van der Waals surface area contributed by atoms with Gasteiger partial charge in [0.05, 0.1) is 19.1 Å². The first kappa shape index (κ1) is 21.4. The highest BCUT2D eigenvalue weighted by Gasteiger charge is 2.26. The van der Waals surface area contributed by atoms with Crippen LogP contribution in [0, 0.1) is 13.8 Å². The predicted molar refractivity (Wildman–Crippen MR) is 125 cm³/mol. The number of hydrogen-bond donors (Lipinski definition) is 1. The maximum Gasteiger partial charge on any atom is 0.337 e. The topological polar surface area (TPSA) is 105 Å². The Labute approximate surface area is 194 Å². The number of thioether (sulfide) groups is 1. The average molecular weight is 465 g/mol. The van der Waals surface area contributed by atoms with E-state index in [2.05, 4.69) is 20.1 Å². The van der Waals surface area contributed by atoms with Gasteiger partial charge in [-0.15, -0.1) is 5.10 Å². The molecule has 0 radical (unpaired) electrons. The Bertz CT molecular complexity index is 1420. The second-order valence-electron chi connectivity index (χ2n) is 8.15. The molecule has 0 aliphatic carbocycles. The maximum absolute atomic E-state index is 13.3. The van der Waals surface area contributed by atoms with Gasteiger partial charge in [0.1, 0.15) is 0 Å². The van der Waals surface area contributed by atoms with Crippen molar-refractivity contribution >= 4 is 40.3 Å². The minimum Gasteiger partial charge on any atom is -0.465 e. The molecule has 3 aromatic heterocycles. The zero-order valence-electron chi connectivity index (χ0n) is 18.9. The lowest BCUT2D eigenvalue weighted by molar-refractivity contribution is -0.131. The molecule has 1 aliphatic rings. The molecule has 5 rings (SSSR count). The van der Waals surface area contributed by atoms with E-state index in [4.69, 9.17) is 4.74 Å². The number of hydrogen-bond acceptors (Lipinski definition) is 7. The molecule has 0 saturated carbocycles. The lowest BCUT2D eigenvalue weighted by atomic mass is 10.0. The number of carbonyl (C=O) groups excluding carboxylic acids is 2. The molecule has 33 heavy (non-hydrogen) atoms. The Kier molecular flexibility index (Phi) is 5.32. The first-order valence-corrected chi connectivity index (χ1v) is 11.9. The number of amides is 1. The summed E-state index contributed by atoms with van der Waals surface area (Å²) in [4.78, 5) is 39.6. The third-order valence-corrected chi connectivity index (χ3v) is 6.83. The number of nitrogens with one attached hydrogen (secondary N) is 1. The Morgan fingerprint density at radius 3 is 2.82 bits per heavy atom. The van der Waals surface area contributed by atoms with Crippen molar-refractivity contribution in [3.8, 4) is 0 Å². The normalized spacial score (nSPS) is 13.5. The van der Waals surface area contributed by atoms with Crippen molar-refractivity contribution in [2.75, 3.05) is 19.9 Å². The van der Waals surface area contributed by atoms with Crippen LogP contribution in [-0.2, 0) is 28.9 Å². The van der Waals surface area contributed by atoms with Crippen LogP contribution in [0.15, 0.2) is 23.4 Å². The Balaban J connectivity index is 1.43. The van der Waals surface area contributed by atoms with Crippen LogP contribution in [0.1, 0.15) is 38.6 Å². The van der Waals surface area contributed by atoms with Crippen LogP contribution in [0.5, 0.6) is 0 Å². The molecule has 0 saturated heterocycles. The molecule has 0 spiro atoms. The van der Waals surface area contributed by atoms with Gasteiger partial charge in [0.2, 0.25) is 11.1 Å². The van der Waals surface area contributed by atoms with E-state index in [1.54, 1.807) is 10.6 Å². The summed E-state index contributed by atoms with van der Waals surface area (Å²) >= 11 is 1.46. The zero-order chi connectivity index (χ0) is 23.3. The highest BCUT2D eigenvalue weighted by molar-refractivity contribution is 7.98. The lowest BCUT2D eigenvalue weighted by Gasteiger charge is -2.28. The molecule has 0 atom stereocenters. The molecule has 0 fully saturated rings. The van der Waals surface area contributed by atoms with Crippen LogP contribution in [0.4, 0.5) is 0 Å². The summed E-state index contributed by atoms with van der Waals surface area (Å²) in [6.07, 6.45) is 2.91. The molecular weight excluding hydrogens is 440 g/mol. The number of aromatic nitrogens is 5. The third kappa shape index (κ3) is 3.64. The molecular formula is C23H24N6O3S. The molecule has 0 unspecified atom stereocenters. The summed E-state index contributed by atoms with van der Waals surface area (Å²) < 4.78 is 6.57. The van der Waals surface area contributed by atoms with Crippen molar-refractivity contribution in [1.29, 1.82) is 0 Å². The van der Waals surface area contributed by atoms with Crippen LogP contribution < -0.4 is 0 Å². The van der Waals surface area contributed by atoms with E-state index in [0.29, 0.717) is 29.6 Å². The zero-order valence-corrected chi connectivity index (χ0v) is 19.7. The number of H-pyrrole nitrogens is 1. The number of aromatic amines is 1. The minimum atomic E-state index is -0.373. The van der Waals surface area contributed by atoms with E-state index in [1.165, 1.54) is 18.9 Å². The van der Waals surface area contributed by atoms with Crippen LogP contribution in [0.3, 0.4) is 0 Å². The highest BCUT2D eigenvalue weighted by atomic mass is 32.2. The molecule has 10 heteroatoms. The fraction of sp³-hybridized carbons (Fsp3) is 0.348. The van der Waals surface area contributed by atoms with Gasteiger partial charge in [-0.1, -0.05) is 11.8 Å². The summed E-state index contributed by atoms with van der Waals surface area (Å²) in [5.41, 5.74) is 6.17. The molecule has 1 amide bonds. The first-order chi connectivity index (χ1) is 15.9. The number of carbonyl (C=O) groups is 2. The van der Waals surface area contributed by atoms with Gasteiger partial charge >= 0.3 is 5.97 Å². The number of aryl methyl sites for hydroxylation is 2. The number of nitrogens with zero attached hydrogens (tertiary/aromatic N) is 5. The third-order valence-electron chi connectivity index (χ3n) is 6.29. The Morgan fingerprint density at radius 2 is 2.06 bits per heavy atom. The molecule has 0 bridgehead atoms. The average Bonchev–Trinajstić information content (AvgIpc) is 3.41. The van der Waals surface area contributed by atoms with Crippen LogP contribution in [0.25, 0.3) is 16.7 Å². The summed E-state index contributed by atoms with van der Waals surface area (Å²) in [5.74, 6) is 0.215. The van der Waals surface area contributed by atoms with Crippen molar-refractivity contribution in [2.24, 2.45) is 0 Å². The van der Waals surface area contributed by atoms with Gasteiger partial charge in [-0.2, -0.15) is 4.98 Å². The van der Waals surface area contributed by atoms with Gasteiger partial charge < -0.3 is 14.6 Å². The summed E-state index contributed by atoms with van der Waals surface area (Å²) in [5, 5.41) is 6.09. The quantitative estimate of drug-likeness (QED) is 0.366. The van der Waals surface area contributed by atoms with Crippen molar-refractivity contribution < 1.29 is 14.3 Å². The number of rotatable bonds is 4. The monoisotopic (exact) mass is 464 g/mol. The van der Waals surface area contributed by atoms with Gasteiger partial charge in [-0.05, 0) is 38.3 Å². The fourth-order valence-corrected chi connectivity index (χ4v) is 4.80. The van der Waals surface area contributed by atoms with E-state index in [0.717, 1.165) is 45.5 Å². The van der Waals surface area contributed by atoms with Crippen molar-refractivity contribution in [3.63, 3.8) is 0 Å². The second-order valence-corrected chi connectivity index (χ2v) is 8.92. The van der Waals surface area contributed by atoms with E-state index in [9.17, 15) is 9.59 Å². The Hall–Kier alpha value is -3.40. The first-order valence-electron chi connectivity index (χ1n) is 10.7. The summed E-state index contributed by atoms with van der Waals surface area (Å²) in [6.45, 7) is 4.99. The molecule has 4 aromatic rings. The smallest absolute Gasteiger partial charge is 0.337 e. The molecule has 170 valence electrons. The van der Waals surface area contributed by atoms with E-state index < -0.39 is 0 Å². The Morgan fingerprint density at radius 1 is 1.24 bits per heavy atom. The van der Waals surface area contributed by atoms with E-state index in [-0.39, 0.29) is 18.3 Å². The SMILES string of the molecule is COC(=O)c1ccc2[nH]c3c(c2c1)CN(C(=O)Cc1c(C)nc2nc(SC)nn2c1C)CC3. The highest BCUT2D eigenvalue weighted by Crippen LogP contribution is 2.29. The molecule has 1 aromatic carbocycles. The molecule has 4 heterocycles. The minimum absolute atomic E-state index is 0.0386. The van der Waals surface area contributed by atoms with E-state index >= 15 is 0 Å². The van der Waals surface area contributed by atoms with Crippen molar-refractivity contribution in [2.45, 2.75) is 38.4 Å². The molecule has 9 nitrogen and oxygen atoms in total. The number of methoxy groups -OCH3 is 1. The standard InChI is InChI=1S/C23H24N6O3S/c1-12-15(13(2)29-22(24-12)26-23(27-29)33-4)10-20(30)28-8-7-19-17(11-28)16-9-14(21(31)32-3)5-6-18(16)25-19/h5-6,9,25H,7-8,10-11H2,1-4H3. The fourth-order valence-electron chi connectivity index (χ4n) is 4.47. The number of esters is 1. The summed E-state index contributed by atoms with van der Waals surface area (Å²) in [6, 6.07) is 5.48. The van der Waals surface area contributed by atoms with Gasteiger partial charge in [-0.3, -0.25) is 4.79 Å². The van der Waals surface area contributed by atoms with Gasteiger partial charge in [0.15, 0.2) is 0 Å². The van der Waals surface area contributed by atoms with Gasteiger partial charge in [0.25, 0.3) is 5.78 Å². The number of ether oxygens (including phenoxy) is 1. The van der Waals surface area contributed by atoms with Gasteiger partial charge in [-0.25, -0.2) is 14.3 Å². The second kappa shape index (κ2) is 8.18. The largest absolute Gasteiger partial charge is 0.465 e. The van der Waals surface area contributed by atoms with E-state index in [1.807, 2.05) is 37.1 Å².